The standard InChI is InChI=1S/C11H15NO2/c1-3-7-12(11(13)14)10-6-4-5-9(2)8-10/h4-6,8H,3,7H2,1-2H3,(H,13,14)/p-1. The maximum atomic E-state index is 10.8. The molecular weight excluding hydrogens is 178 g/mol. The number of hydrogen-bond donors (Lipinski definition) is 0. The molecule has 76 valence electrons. The van der Waals surface area contributed by atoms with Crippen molar-refractivity contribution in [2.75, 3.05) is 11.4 Å². The van der Waals surface area contributed by atoms with E-state index >= 15 is 0 Å². The molecule has 0 aliphatic heterocycles. The zero-order valence-corrected chi connectivity index (χ0v) is 8.49. The summed E-state index contributed by atoms with van der Waals surface area (Å²) in [6.45, 7) is 4.35. The Morgan fingerprint density at radius 2 is 2.21 bits per heavy atom. The summed E-state index contributed by atoms with van der Waals surface area (Å²) >= 11 is 0. The summed E-state index contributed by atoms with van der Waals surface area (Å²) in [5.74, 6) is 0. The predicted molar refractivity (Wildman–Crippen MR) is 54.2 cm³/mol. The van der Waals surface area contributed by atoms with E-state index in [4.69, 9.17) is 0 Å². The van der Waals surface area contributed by atoms with E-state index in [0.717, 1.165) is 12.0 Å². The number of amides is 1. The molecule has 0 N–H and O–H groups in total. The van der Waals surface area contributed by atoms with Crippen molar-refractivity contribution in [3.8, 4) is 0 Å². The van der Waals surface area contributed by atoms with E-state index in [-0.39, 0.29) is 0 Å². The number of carbonyl (C=O) groups excluding carboxylic acids is 1. The Morgan fingerprint density at radius 1 is 1.50 bits per heavy atom. The third-order valence-corrected chi connectivity index (χ3v) is 1.98. The van der Waals surface area contributed by atoms with Gasteiger partial charge in [0.1, 0.15) is 6.09 Å². The third kappa shape index (κ3) is 2.49. The van der Waals surface area contributed by atoms with Crippen LogP contribution < -0.4 is 10.0 Å². The summed E-state index contributed by atoms with van der Waals surface area (Å²) in [4.78, 5) is 12.1. The Morgan fingerprint density at radius 3 is 2.71 bits per heavy atom. The summed E-state index contributed by atoms with van der Waals surface area (Å²) in [5.41, 5.74) is 1.73. The molecule has 1 aromatic rings. The number of anilines is 1. The molecule has 0 saturated carbocycles. The van der Waals surface area contributed by atoms with Crippen LogP contribution in [0.3, 0.4) is 0 Å². The minimum atomic E-state index is -1.14. The molecular formula is C11H14NO2-. The number of carboxylic acid groups (broad SMARTS) is 1. The van der Waals surface area contributed by atoms with Crippen LogP contribution >= 0.6 is 0 Å². The van der Waals surface area contributed by atoms with Gasteiger partial charge in [-0.1, -0.05) is 19.1 Å². The molecule has 1 aromatic carbocycles. The quantitative estimate of drug-likeness (QED) is 0.729. The van der Waals surface area contributed by atoms with Gasteiger partial charge in [-0.05, 0) is 31.0 Å². The monoisotopic (exact) mass is 192 g/mol. The highest BCUT2D eigenvalue weighted by molar-refractivity contribution is 5.84. The van der Waals surface area contributed by atoms with Crippen LogP contribution in [-0.4, -0.2) is 12.6 Å². The van der Waals surface area contributed by atoms with E-state index in [2.05, 4.69) is 0 Å². The number of nitrogens with zero attached hydrogens (tertiary/aromatic N) is 1. The largest absolute Gasteiger partial charge is 0.530 e. The van der Waals surface area contributed by atoms with E-state index in [1.54, 1.807) is 6.07 Å². The maximum absolute atomic E-state index is 10.8. The fourth-order valence-electron chi connectivity index (χ4n) is 1.35. The second kappa shape index (κ2) is 4.65. The SMILES string of the molecule is CCCN(C(=O)[O-])c1cccc(C)c1. The number of aryl methyl sites for hydroxylation is 1. The van der Waals surface area contributed by atoms with Crippen molar-refractivity contribution < 1.29 is 9.90 Å². The molecule has 0 unspecified atom stereocenters. The Bertz CT molecular complexity index is 323. The molecule has 3 heteroatoms. The van der Waals surface area contributed by atoms with E-state index in [9.17, 15) is 9.90 Å². The fraction of sp³-hybridized carbons (Fsp3) is 0.364. The van der Waals surface area contributed by atoms with Crippen LogP contribution in [-0.2, 0) is 0 Å². The van der Waals surface area contributed by atoms with E-state index < -0.39 is 6.09 Å². The van der Waals surface area contributed by atoms with Gasteiger partial charge >= 0.3 is 0 Å². The first kappa shape index (κ1) is 10.6. The molecule has 1 rings (SSSR count). The van der Waals surface area contributed by atoms with Gasteiger partial charge in [-0.2, -0.15) is 0 Å². The second-order valence-electron chi connectivity index (χ2n) is 3.26. The van der Waals surface area contributed by atoms with E-state index in [1.807, 2.05) is 32.0 Å². The fourth-order valence-corrected chi connectivity index (χ4v) is 1.35. The van der Waals surface area contributed by atoms with Crippen molar-refractivity contribution in [1.82, 2.24) is 0 Å². The normalized spacial score (nSPS) is 9.86. The number of benzene rings is 1. The van der Waals surface area contributed by atoms with Gasteiger partial charge in [0.15, 0.2) is 0 Å². The van der Waals surface area contributed by atoms with Gasteiger partial charge < -0.3 is 14.8 Å². The van der Waals surface area contributed by atoms with Gasteiger partial charge in [0.05, 0.1) is 0 Å². The van der Waals surface area contributed by atoms with Crippen molar-refractivity contribution in [1.29, 1.82) is 0 Å². The summed E-state index contributed by atoms with van der Waals surface area (Å²) in [6, 6.07) is 7.39. The van der Waals surface area contributed by atoms with Crippen LogP contribution in [0.1, 0.15) is 18.9 Å². The van der Waals surface area contributed by atoms with Crippen molar-refractivity contribution in [2.24, 2.45) is 0 Å². The van der Waals surface area contributed by atoms with E-state index in [1.165, 1.54) is 4.90 Å². The third-order valence-electron chi connectivity index (χ3n) is 1.98. The molecule has 0 spiro atoms. The highest BCUT2D eigenvalue weighted by Crippen LogP contribution is 2.15. The van der Waals surface area contributed by atoms with E-state index in [0.29, 0.717) is 12.2 Å². The van der Waals surface area contributed by atoms with Crippen LogP contribution in [0.2, 0.25) is 0 Å². The molecule has 0 atom stereocenters. The van der Waals surface area contributed by atoms with Gasteiger partial charge in [-0.15, -0.1) is 0 Å². The van der Waals surface area contributed by atoms with Crippen LogP contribution in [0.4, 0.5) is 10.5 Å². The Kier molecular flexibility index (Phi) is 3.51. The lowest BCUT2D eigenvalue weighted by Gasteiger charge is -2.24. The predicted octanol–water partition coefficient (Wildman–Crippen LogP) is 1.55. The van der Waals surface area contributed by atoms with Crippen LogP contribution in [0.15, 0.2) is 24.3 Å². The summed E-state index contributed by atoms with van der Waals surface area (Å²) in [7, 11) is 0. The lowest BCUT2D eigenvalue weighted by molar-refractivity contribution is -0.246. The topological polar surface area (TPSA) is 43.4 Å². The first-order valence-electron chi connectivity index (χ1n) is 4.70. The molecule has 0 saturated heterocycles. The molecule has 0 aromatic heterocycles. The molecule has 0 fully saturated rings. The van der Waals surface area contributed by atoms with Gasteiger partial charge in [-0.25, -0.2) is 0 Å². The van der Waals surface area contributed by atoms with Crippen molar-refractivity contribution in [2.45, 2.75) is 20.3 Å². The van der Waals surface area contributed by atoms with Crippen molar-refractivity contribution >= 4 is 11.8 Å². The van der Waals surface area contributed by atoms with Crippen LogP contribution in [0, 0.1) is 6.92 Å². The summed E-state index contributed by atoms with van der Waals surface area (Å²) in [6.07, 6.45) is -0.362. The first-order valence-corrected chi connectivity index (χ1v) is 4.70. The van der Waals surface area contributed by atoms with Crippen molar-refractivity contribution in [3.05, 3.63) is 29.8 Å². The van der Waals surface area contributed by atoms with Crippen LogP contribution in [0.5, 0.6) is 0 Å². The molecule has 0 aliphatic carbocycles. The Balaban J connectivity index is 2.93. The molecule has 3 nitrogen and oxygen atoms in total. The zero-order chi connectivity index (χ0) is 10.6. The lowest BCUT2D eigenvalue weighted by Crippen LogP contribution is -2.41. The number of carbonyl (C=O) groups is 1. The van der Waals surface area contributed by atoms with Crippen LogP contribution in [0.25, 0.3) is 0 Å². The number of rotatable bonds is 3. The average Bonchev–Trinajstić information content (AvgIpc) is 2.13. The Labute approximate surface area is 84.0 Å². The molecule has 0 aliphatic rings. The number of hydrogen-bond acceptors (Lipinski definition) is 2. The second-order valence-corrected chi connectivity index (χ2v) is 3.26. The first-order chi connectivity index (χ1) is 6.65. The van der Waals surface area contributed by atoms with Gasteiger partial charge in [-0.3, -0.25) is 0 Å². The van der Waals surface area contributed by atoms with Crippen molar-refractivity contribution in [3.63, 3.8) is 0 Å². The zero-order valence-electron chi connectivity index (χ0n) is 8.49. The lowest BCUT2D eigenvalue weighted by atomic mass is 10.2. The summed E-state index contributed by atoms with van der Waals surface area (Å²) < 4.78 is 0. The minimum Gasteiger partial charge on any atom is -0.530 e. The minimum absolute atomic E-state index is 0.478. The molecule has 14 heavy (non-hydrogen) atoms. The molecule has 0 heterocycles. The smallest absolute Gasteiger partial charge is 0.141 e. The Hall–Kier alpha value is -1.51. The molecule has 1 amide bonds. The molecule has 0 radical (unpaired) electrons. The molecule has 0 bridgehead atoms. The summed E-state index contributed by atoms with van der Waals surface area (Å²) in [5, 5.41) is 10.8. The maximum Gasteiger partial charge on any atom is 0.141 e. The van der Waals surface area contributed by atoms with Gasteiger partial charge in [0.25, 0.3) is 0 Å². The van der Waals surface area contributed by atoms with Gasteiger partial charge in [0, 0.05) is 12.2 Å². The highest BCUT2D eigenvalue weighted by Gasteiger charge is 2.05. The highest BCUT2D eigenvalue weighted by atomic mass is 16.4. The average molecular weight is 192 g/mol. The van der Waals surface area contributed by atoms with Gasteiger partial charge in [0.2, 0.25) is 0 Å².